The topological polar surface area (TPSA) is 84.9 Å². The summed E-state index contributed by atoms with van der Waals surface area (Å²) in [6.07, 6.45) is 1.55. The highest BCUT2D eigenvalue weighted by molar-refractivity contribution is 8.18. The molecule has 0 spiro atoms. The second-order valence-electron chi connectivity index (χ2n) is 8.09. The summed E-state index contributed by atoms with van der Waals surface area (Å²) in [5, 5.41) is 3.13. The summed E-state index contributed by atoms with van der Waals surface area (Å²) in [5.41, 5.74) is 2.87. The first kappa shape index (κ1) is 26.6. The number of imide groups is 1. The molecule has 1 aliphatic heterocycles. The number of para-hydroxylation sites is 1. The fraction of sp³-hybridized carbons (Fsp3) is 0.148. The third kappa shape index (κ3) is 6.46. The molecule has 0 atom stereocenters. The molecule has 10 heteroatoms. The Morgan fingerprint density at radius 1 is 1.08 bits per heavy atom. The lowest BCUT2D eigenvalue weighted by molar-refractivity contribution is -0.127. The van der Waals surface area contributed by atoms with Gasteiger partial charge in [0, 0.05) is 26.9 Å². The molecule has 190 valence electrons. The van der Waals surface area contributed by atoms with Crippen LogP contribution in [0.1, 0.15) is 16.7 Å². The van der Waals surface area contributed by atoms with Crippen molar-refractivity contribution in [1.29, 1.82) is 0 Å². The molecule has 3 amide bonds. The molecule has 3 aromatic rings. The van der Waals surface area contributed by atoms with Crippen molar-refractivity contribution in [2.75, 3.05) is 19.0 Å². The number of nitrogens with zero attached hydrogens (tertiary/aromatic N) is 1. The van der Waals surface area contributed by atoms with E-state index in [0.29, 0.717) is 38.4 Å². The van der Waals surface area contributed by atoms with E-state index in [2.05, 4.69) is 5.32 Å². The predicted molar refractivity (Wildman–Crippen MR) is 146 cm³/mol. The van der Waals surface area contributed by atoms with E-state index in [4.69, 9.17) is 32.7 Å². The van der Waals surface area contributed by atoms with Crippen molar-refractivity contribution in [3.63, 3.8) is 0 Å². The van der Waals surface area contributed by atoms with Crippen LogP contribution in [0.3, 0.4) is 0 Å². The third-order valence-electron chi connectivity index (χ3n) is 5.41. The first-order valence-electron chi connectivity index (χ1n) is 11.1. The lowest BCUT2D eigenvalue weighted by atomic mass is 10.1. The summed E-state index contributed by atoms with van der Waals surface area (Å²) in [6.45, 7) is 1.66. The van der Waals surface area contributed by atoms with Crippen LogP contribution in [0.2, 0.25) is 10.0 Å². The molecule has 0 unspecified atom stereocenters. The Bertz CT molecular complexity index is 1390. The Labute approximate surface area is 228 Å². The number of nitrogens with one attached hydrogen (secondary N) is 1. The number of methoxy groups -OCH3 is 1. The van der Waals surface area contributed by atoms with Crippen LogP contribution in [-0.4, -0.2) is 35.6 Å². The molecule has 1 aliphatic rings. The first-order chi connectivity index (χ1) is 17.7. The Kier molecular flexibility index (Phi) is 8.43. The summed E-state index contributed by atoms with van der Waals surface area (Å²) in [4.78, 5) is 39.1. The van der Waals surface area contributed by atoms with Crippen molar-refractivity contribution in [3.8, 4) is 11.5 Å². The third-order valence-corrected chi connectivity index (χ3v) is 6.91. The minimum Gasteiger partial charge on any atom is -0.493 e. The van der Waals surface area contributed by atoms with Gasteiger partial charge in [-0.15, -0.1) is 0 Å². The molecule has 0 bridgehead atoms. The van der Waals surface area contributed by atoms with Gasteiger partial charge >= 0.3 is 0 Å². The molecule has 1 fully saturated rings. The number of hydrogen-bond acceptors (Lipinski definition) is 6. The van der Waals surface area contributed by atoms with Gasteiger partial charge < -0.3 is 14.8 Å². The van der Waals surface area contributed by atoms with Crippen LogP contribution in [0.4, 0.5) is 10.5 Å². The van der Waals surface area contributed by atoms with Gasteiger partial charge in [0.2, 0.25) is 5.91 Å². The highest BCUT2D eigenvalue weighted by atomic mass is 35.5. The van der Waals surface area contributed by atoms with Crippen molar-refractivity contribution in [2.24, 2.45) is 0 Å². The van der Waals surface area contributed by atoms with Crippen molar-refractivity contribution >= 4 is 63.8 Å². The lowest BCUT2D eigenvalue weighted by Crippen LogP contribution is -2.36. The van der Waals surface area contributed by atoms with Crippen LogP contribution in [0.5, 0.6) is 11.5 Å². The zero-order valence-electron chi connectivity index (χ0n) is 19.9. The van der Waals surface area contributed by atoms with E-state index in [0.717, 1.165) is 22.2 Å². The maximum Gasteiger partial charge on any atom is 0.294 e. The average molecular weight is 557 g/mol. The average Bonchev–Trinajstić information content (AvgIpc) is 3.12. The Morgan fingerprint density at radius 2 is 1.84 bits per heavy atom. The molecule has 0 aliphatic carbocycles. The first-order valence-corrected chi connectivity index (χ1v) is 12.7. The number of carbonyl (C=O) groups is 3. The molecule has 0 aromatic heterocycles. The molecule has 0 radical (unpaired) electrons. The number of anilines is 1. The molecular weight excluding hydrogens is 535 g/mol. The Balaban J connectivity index is 1.51. The number of amides is 3. The number of hydrogen-bond donors (Lipinski definition) is 1. The van der Waals surface area contributed by atoms with E-state index < -0.39 is 23.6 Å². The summed E-state index contributed by atoms with van der Waals surface area (Å²) < 4.78 is 11.5. The summed E-state index contributed by atoms with van der Waals surface area (Å²) in [6, 6.07) is 17.5. The van der Waals surface area contributed by atoms with Gasteiger partial charge in [0.25, 0.3) is 11.1 Å². The van der Waals surface area contributed by atoms with Crippen LogP contribution in [0.15, 0.2) is 65.6 Å². The zero-order valence-corrected chi connectivity index (χ0v) is 22.2. The Morgan fingerprint density at radius 3 is 2.54 bits per heavy atom. The van der Waals surface area contributed by atoms with Crippen molar-refractivity contribution in [2.45, 2.75) is 13.5 Å². The van der Waals surface area contributed by atoms with E-state index in [1.807, 2.05) is 19.1 Å². The van der Waals surface area contributed by atoms with Crippen LogP contribution in [0.25, 0.3) is 6.08 Å². The number of halogens is 2. The fourth-order valence-electron chi connectivity index (χ4n) is 3.51. The second-order valence-corrected chi connectivity index (χ2v) is 9.92. The van der Waals surface area contributed by atoms with Gasteiger partial charge in [-0.05, 0) is 55.1 Å². The standard InChI is InChI=1S/C27H22Cl2N2O5S/c1-16-6-10-20(11-7-16)30-24(32)14-31-26(33)23(37-27(31)34)12-17-4-3-5-22(35-2)25(17)36-15-18-8-9-19(28)13-21(18)29/h3-13H,14-15H2,1-2H3,(H,30,32)/b23-12+. The van der Waals surface area contributed by atoms with Gasteiger partial charge in [0.1, 0.15) is 13.2 Å². The molecule has 4 rings (SSSR count). The normalized spacial score (nSPS) is 14.3. The molecule has 37 heavy (non-hydrogen) atoms. The highest BCUT2D eigenvalue weighted by Crippen LogP contribution is 2.38. The van der Waals surface area contributed by atoms with Gasteiger partial charge in [0.05, 0.1) is 12.0 Å². The van der Waals surface area contributed by atoms with Crippen LogP contribution < -0.4 is 14.8 Å². The number of aryl methyl sites for hydroxylation is 1. The molecule has 1 N–H and O–H groups in total. The maximum absolute atomic E-state index is 13.0. The van der Waals surface area contributed by atoms with E-state index in [9.17, 15) is 14.4 Å². The van der Waals surface area contributed by atoms with Crippen molar-refractivity contribution in [1.82, 2.24) is 4.90 Å². The largest absolute Gasteiger partial charge is 0.493 e. The minimum absolute atomic E-state index is 0.123. The fourth-order valence-corrected chi connectivity index (χ4v) is 4.80. The van der Waals surface area contributed by atoms with E-state index in [1.165, 1.54) is 7.11 Å². The van der Waals surface area contributed by atoms with Crippen molar-refractivity contribution < 1.29 is 23.9 Å². The summed E-state index contributed by atoms with van der Waals surface area (Å²) in [7, 11) is 1.50. The zero-order chi connectivity index (χ0) is 26.5. The van der Waals surface area contributed by atoms with Gasteiger partial charge in [-0.1, -0.05) is 59.1 Å². The van der Waals surface area contributed by atoms with Gasteiger partial charge in [-0.3, -0.25) is 19.3 Å². The van der Waals surface area contributed by atoms with E-state index >= 15 is 0 Å². The molecule has 7 nitrogen and oxygen atoms in total. The SMILES string of the molecule is COc1cccc(/C=C2/SC(=O)N(CC(=O)Nc3ccc(C)cc3)C2=O)c1OCc1ccc(Cl)cc1Cl. The molecule has 3 aromatic carbocycles. The summed E-state index contributed by atoms with van der Waals surface area (Å²) >= 11 is 13.0. The lowest BCUT2D eigenvalue weighted by Gasteiger charge is -2.15. The van der Waals surface area contributed by atoms with Gasteiger partial charge in [0.15, 0.2) is 11.5 Å². The number of benzene rings is 3. The van der Waals surface area contributed by atoms with E-state index in [-0.39, 0.29) is 11.5 Å². The Hall–Kier alpha value is -3.46. The number of thioether (sulfide) groups is 1. The maximum atomic E-state index is 13.0. The smallest absolute Gasteiger partial charge is 0.294 e. The molecule has 1 saturated heterocycles. The number of rotatable bonds is 8. The van der Waals surface area contributed by atoms with Gasteiger partial charge in [-0.2, -0.15) is 0 Å². The monoisotopic (exact) mass is 556 g/mol. The molecule has 0 saturated carbocycles. The van der Waals surface area contributed by atoms with Crippen molar-refractivity contribution in [3.05, 3.63) is 92.3 Å². The van der Waals surface area contributed by atoms with Crippen LogP contribution in [-0.2, 0) is 16.2 Å². The predicted octanol–water partition coefficient (Wildman–Crippen LogP) is 6.56. The highest BCUT2D eigenvalue weighted by Gasteiger charge is 2.36. The van der Waals surface area contributed by atoms with E-state index in [1.54, 1.807) is 54.6 Å². The van der Waals surface area contributed by atoms with Crippen LogP contribution >= 0.6 is 35.0 Å². The second kappa shape index (κ2) is 11.7. The minimum atomic E-state index is -0.566. The quantitative estimate of drug-likeness (QED) is 0.316. The number of ether oxygens (including phenoxy) is 2. The van der Waals surface area contributed by atoms with Gasteiger partial charge in [-0.25, -0.2) is 0 Å². The summed E-state index contributed by atoms with van der Waals surface area (Å²) in [5.74, 6) is -0.225. The number of carbonyl (C=O) groups excluding carboxylic acids is 3. The molecular formula is C27H22Cl2N2O5S. The van der Waals surface area contributed by atoms with Crippen LogP contribution in [0, 0.1) is 6.92 Å². The molecule has 1 heterocycles.